The van der Waals surface area contributed by atoms with Crippen molar-refractivity contribution in [3.8, 4) is 0 Å². The Morgan fingerprint density at radius 3 is 2.68 bits per heavy atom. The van der Waals surface area contributed by atoms with Crippen molar-refractivity contribution in [1.82, 2.24) is 19.7 Å². The summed E-state index contributed by atoms with van der Waals surface area (Å²) in [5, 5.41) is 10.7. The van der Waals surface area contributed by atoms with Crippen LogP contribution in [0.5, 0.6) is 0 Å². The molecule has 22 heavy (non-hydrogen) atoms. The molecule has 3 aromatic rings. The van der Waals surface area contributed by atoms with Crippen molar-refractivity contribution in [2.45, 2.75) is 51.2 Å². The molecule has 0 aliphatic carbocycles. The average molecular weight is 314 g/mol. The molecule has 0 radical (unpaired) electrons. The molecule has 4 nitrogen and oxygen atoms in total. The average Bonchev–Trinajstić information content (AvgIpc) is 2.86. The minimum Gasteiger partial charge on any atom is -0.324 e. The summed E-state index contributed by atoms with van der Waals surface area (Å²) in [7, 11) is 0. The van der Waals surface area contributed by atoms with Crippen LogP contribution in [0.1, 0.15) is 39.5 Å². The molecule has 0 saturated carbocycles. The SMILES string of the molecule is CCCCSc1nnc2c3ccccc3n(CCCC)c2n1. The molecule has 0 fully saturated rings. The second-order valence-corrected chi connectivity index (χ2v) is 6.55. The van der Waals surface area contributed by atoms with E-state index in [0.717, 1.165) is 40.4 Å². The Morgan fingerprint density at radius 2 is 1.86 bits per heavy atom. The smallest absolute Gasteiger partial charge is 0.211 e. The van der Waals surface area contributed by atoms with Crippen LogP contribution in [0.25, 0.3) is 22.1 Å². The zero-order valence-corrected chi connectivity index (χ0v) is 14.1. The number of rotatable bonds is 7. The van der Waals surface area contributed by atoms with Gasteiger partial charge in [0.15, 0.2) is 5.65 Å². The van der Waals surface area contributed by atoms with E-state index in [2.05, 4.69) is 52.9 Å². The highest BCUT2D eigenvalue weighted by atomic mass is 32.2. The molecule has 0 spiro atoms. The predicted octanol–water partition coefficient (Wildman–Crippen LogP) is 4.67. The van der Waals surface area contributed by atoms with E-state index in [1.54, 1.807) is 11.8 Å². The molecule has 2 aromatic heterocycles. The zero-order valence-electron chi connectivity index (χ0n) is 13.2. The van der Waals surface area contributed by atoms with Gasteiger partial charge in [-0.05, 0) is 18.9 Å². The first-order chi connectivity index (χ1) is 10.8. The number of benzene rings is 1. The van der Waals surface area contributed by atoms with Gasteiger partial charge in [-0.3, -0.25) is 0 Å². The van der Waals surface area contributed by atoms with Crippen LogP contribution in [0.2, 0.25) is 0 Å². The topological polar surface area (TPSA) is 43.6 Å². The summed E-state index contributed by atoms with van der Waals surface area (Å²) in [5.74, 6) is 1.05. The Bertz CT molecular complexity index is 766. The van der Waals surface area contributed by atoms with Crippen molar-refractivity contribution < 1.29 is 0 Å². The van der Waals surface area contributed by atoms with Crippen molar-refractivity contribution in [1.29, 1.82) is 0 Å². The Kier molecular flexibility index (Phi) is 4.93. The fourth-order valence-electron chi connectivity index (χ4n) is 2.60. The number of nitrogens with zero attached hydrogens (tertiary/aromatic N) is 4. The van der Waals surface area contributed by atoms with Gasteiger partial charge in [-0.15, -0.1) is 10.2 Å². The molecule has 0 amide bonds. The predicted molar refractivity (Wildman–Crippen MR) is 93.4 cm³/mol. The van der Waals surface area contributed by atoms with Gasteiger partial charge in [-0.25, -0.2) is 4.98 Å². The number of unbranched alkanes of at least 4 members (excludes halogenated alkanes) is 2. The summed E-state index contributed by atoms with van der Waals surface area (Å²) in [4.78, 5) is 4.79. The zero-order chi connectivity index (χ0) is 15.4. The van der Waals surface area contributed by atoms with Gasteiger partial charge < -0.3 is 4.57 Å². The van der Waals surface area contributed by atoms with Gasteiger partial charge in [-0.1, -0.05) is 56.7 Å². The number of hydrogen-bond acceptors (Lipinski definition) is 4. The van der Waals surface area contributed by atoms with Gasteiger partial charge in [-0.2, -0.15) is 0 Å². The first-order valence-electron chi connectivity index (χ1n) is 8.09. The third-order valence-corrected chi connectivity index (χ3v) is 4.74. The molecule has 0 bridgehead atoms. The van der Waals surface area contributed by atoms with Crippen LogP contribution in [0.15, 0.2) is 29.4 Å². The summed E-state index contributed by atoms with van der Waals surface area (Å²) in [6.07, 6.45) is 4.70. The van der Waals surface area contributed by atoms with E-state index >= 15 is 0 Å². The van der Waals surface area contributed by atoms with Gasteiger partial charge in [0.1, 0.15) is 5.52 Å². The summed E-state index contributed by atoms with van der Waals surface area (Å²) >= 11 is 1.70. The maximum absolute atomic E-state index is 4.79. The van der Waals surface area contributed by atoms with Crippen LogP contribution >= 0.6 is 11.8 Å². The van der Waals surface area contributed by atoms with Crippen molar-refractivity contribution in [2.75, 3.05) is 5.75 Å². The Morgan fingerprint density at radius 1 is 1.05 bits per heavy atom. The maximum atomic E-state index is 4.79. The van der Waals surface area contributed by atoms with Crippen molar-refractivity contribution >= 4 is 33.8 Å². The second kappa shape index (κ2) is 7.09. The lowest BCUT2D eigenvalue weighted by Gasteiger charge is -2.05. The van der Waals surface area contributed by atoms with E-state index in [1.165, 1.54) is 24.8 Å². The number of fused-ring (bicyclic) bond motifs is 3. The highest BCUT2D eigenvalue weighted by Gasteiger charge is 2.14. The molecule has 0 unspecified atom stereocenters. The van der Waals surface area contributed by atoms with Crippen molar-refractivity contribution in [3.63, 3.8) is 0 Å². The summed E-state index contributed by atoms with van der Waals surface area (Å²) in [6.45, 7) is 5.40. The number of hydrogen-bond donors (Lipinski definition) is 0. The minimum atomic E-state index is 0.793. The highest BCUT2D eigenvalue weighted by Crippen LogP contribution is 2.27. The minimum absolute atomic E-state index is 0.793. The maximum Gasteiger partial charge on any atom is 0.211 e. The molecule has 1 aromatic carbocycles. The highest BCUT2D eigenvalue weighted by molar-refractivity contribution is 7.99. The number of aromatic nitrogens is 4. The van der Waals surface area contributed by atoms with E-state index in [9.17, 15) is 0 Å². The van der Waals surface area contributed by atoms with Gasteiger partial charge in [0.05, 0.1) is 5.52 Å². The molecule has 0 aliphatic heterocycles. The molecule has 0 saturated heterocycles. The third kappa shape index (κ3) is 2.95. The molecular weight excluding hydrogens is 292 g/mol. The van der Waals surface area contributed by atoms with Gasteiger partial charge >= 0.3 is 0 Å². The quantitative estimate of drug-likeness (QED) is 0.469. The summed E-state index contributed by atoms with van der Waals surface area (Å²) in [5.41, 5.74) is 3.11. The van der Waals surface area contributed by atoms with E-state index in [1.807, 2.05) is 0 Å². The summed E-state index contributed by atoms with van der Waals surface area (Å²) < 4.78 is 2.30. The molecule has 0 aliphatic rings. The molecular formula is C17H22N4S. The lowest BCUT2D eigenvalue weighted by molar-refractivity contribution is 0.656. The Labute approximate surface area is 135 Å². The lowest BCUT2D eigenvalue weighted by atomic mass is 10.2. The normalized spacial score (nSPS) is 11.5. The first kappa shape index (κ1) is 15.3. The Balaban J connectivity index is 2.06. The standard InChI is InChI=1S/C17H22N4S/c1-3-5-11-21-14-10-8-7-9-13(14)15-16(21)18-17(20-19-15)22-12-6-4-2/h7-10H,3-6,11-12H2,1-2H3. The fourth-order valence-corrected chi connectivity index (χ4v) is 3.47. The van der Waals surface area contributed by atoms with E-state index < -0.39 is 0 Å². The Hall–Kier alpha value is -1.62. The van der Waals surface area contributed by atoms with E-state index in [0.29, 0.717) is 0 Å². The van der Waals surface area contributed by atoms with Gasteiger partial charge in [0.2, 0.25) is 5.16 Å². The second-order valence-electron chi connectivity index (χ2n) is 5.49. The molecule has 0 atom stereocenters. The largest absolute Gasteiger partial charge is 0.324 e. The number of thioether (sulfide) groups is 1. The van der Waals surface area contributed by atoms with Crippen LogP contribution in [0.3, 0.4) is 0 Å². The van der Waals surface area contributed by atoms with E-state index in [4.69, 9.17) is 4.98 Å². The van der Waals surface area contributed by atoms with Crippen LogP contribution in [-0.4, -0.2) is 25.5 Å². The van der Waals surface area contributed by atoms with Crippen LogP contribution < -0.4 is 0 Å². The molecule has 0 N–H and O–H groups in total. The van der Waals surface area contributed by atoms with Crippen molar-refractivity contribution in [2.24, 2.45) is 0 Å². The van der Waals surface area contributed by atoms with Gasteiger partial charge in [0.25, 0.3) is 0 Å². The lowest BCUT2D eigenvalue weighted by Crippen LogP contribution is -2.01. The van der Waals surface area contributed by atoms with Crippen LogP contribution in [-0.2, 0) is 6.54 Å². The first-order valence-corrected chi connectivity index (χ1v) is 9.08. The molecule has 5 heteroatoms. The van der Waals surface area contributed by atoms with Crippen LogP contribution in [0, 0.1) is 0 Å². The molecule has 2 heterocycles. The fraction of sp³-hybridized carbons (Fsp3) is 0.471. The monoisotopic (exact) mass is 314 g/mol. The molecule has 116 valence electrons. The number of para-hydroxylation sites is 1. The third-order valence-electron chi connectivity index (χ3n) is 3.82. The van der Waals surface area contributed by atoms with Crippen LogP contribution in [0.4, 0.5) is 0 Å². The van der Waals surface area contributed by atoms with Gasteiger partial charge in [0, 0.05) is 17.7 Å². The number of aryl methyl sites for hydroxylation is 1. The van der Waals surface area contributed by atoms with Crippen molar-refractivity contribution in [3.05, 3.63) is 24.3 Å². The molecule has 3 rings (SSSR count). The van der Waals surface area contributed by atoms with E-state index in [-0.39, 0.29) is 0 Å². The summed E-state index contributed by atoms with van der Waals surface area (Å²) in [6, 6.07) is 8.39.